The van der Waals surface area contributed by atoms with Gasteiger partial charge >= 0.3 is 0 Å². The van der Waals surface area contributed by atoms with Crippen LogP contribution >= 0.6 is 0 Å². The van der Waals surface area contributed by atoms with Crippen LogP contribution in [0.2, 0.25) is 0 Å². The molecule has 0 fully saturated rings. The number of rotatable bonds is 5. The second-order valence-electron chi connectivity index (χ2n) is 15.6. The fourth-order valence-corrected chi connectivity index (χ4v) is 7.47. The third kappa shape index (κ3) is 5.38. The molecule has 246 valence electrons. The Morgan fingerprint density at radius 1 is 0.520 bits per heavy atom. The highest BCUT2D eigenvalue weighted by Crippen LogP contribution is 2.57. The molecule has 0 atom stereocenters. The summed E-state index contributed by atoms with van der Waals surface area (Å²) in [6.07, 6.45) is 3.86. The molecular formula is C47H42N2O. The maximum atomic E-state index is 6.69. The van der Waals surface area contributed by atoms with Crippen molar-refractivity contribution in [1.82, 2.24) is 9.97 Å². The van der Waals surface area contributed by atoms with Crippen LogP contribution in [0, 0.1) is 0 Å². The number of fused-ring (bicyclic) bond motifs is 4. The molecule has 2 aromatic heterocycles. The number of hydrogen-bond acceptors (Lipinski definition) is 3. The summed E-state index contributed by atoms with van der Waals surface area (Å²) in [7, 11) is 0. The molecule has 3 heteroatoms. The van der Waals surface area contributed by atoms with E-state index in [0.717, 1.165) is 44.8 Å². The standard InChI is InChI=1S/C47H42N2O/c1-45(2,3)34-20-22-39-40-23-21-35(46(4,5)6)29-42(40)47(41(39)28-34,44-19-9-10-24-48-44)36-16-12-18-38(27-36)50-37-17-11-15-32(25-37)43-26-31-13-7-8-14-33(31)30-49-43/h7-30H,1-6H3. The molecule has 0 spiro atoms. The van der Waals surface area contributed by atoms with E-state index in [4.69, 9.17) is 14.7 Å². The van der Waals surface area contributed by atoms with Crippen LogP contribution in [-0.4, -0.2) is 9.97 Å². The van der Waals surface area contributed by atoms with Gasteiger partial charge in [-0.15, -0.1) is 0 Å². The van der Waals surface area contributed by atoms with E-state index >= 15 is 0 Å². The summed E-state index contributed by atoms with van der Waals surface area (Å²) in [5.41, 5.74) is 11.0. The van der Waals surface area contributed by atoms with Crippen LogP contribution in [0.5, 0.6) is 11.5 Å². The third-order valence-corrected chi connectivity index (χ3v) is 10.2. The predicted molar refractivity (Wildman–Crippen MR) is 206 cm³/mol. The third-order valence-electron chi connectivity index (χ3n) is 10.2. The van der Waals surface area contributed by atoms with E-state index in [-0.39, 0.29) is 10.8 Å². The van der Waals surface area contributed by atoms with Crippen molar-refractivity contribution in [3.63, 3.8) is 0 Å². The highest BCUT2D eigenvalue weighted by atomic mass is 16.5. The summed E-state index contributed by atoms with van der Waals surface area (Å²) in [5.74, 6) is 1.54. The molecule has 0 N–H and O–H groups in total. The van der Waals surface area contributed by atoms with Crippen molar-refractivity contribution in [1.29, 1.82) is 0 Å². The molecular weight excluding hydrogens is 609 g/mol. The van der Waals surface area contributed by atoms with Crippen molar-refractivity contribution in [2.24, 2.45) is 0 Å². The van der Waals surface area contributed by atoms with Crippen LogP contribution in [-0.2, 0) is 16.2 Å². The van der Waals surface area contributed by atoms with Crippen LogP contribution in [0.15, 0.2) is 146 Å². The average molecular weight is 651 g/mol. The van der Waals surface area contributed by atoms with E-state index in [0.29, 0.717) is 0 Å². The number of nitrogens with zero attached hydrogens (tertiary/aromatic N) is 2. The molecule has 1 aliphatic rings. The van der Waals surface area contributed by atoms with Gasteiger partial charge in [0.05, 0.1) is 16.8 Å². The average Bonchev–Trinajstić information content (AvgIpc) is 3.41. The van der Waals surface area contributed by atoms with E-state index in [1.165, 1.54) is 33.4 Å². The van der Waals surface area contributed by atoms with Gasteiger partial charge in [0.15, 0.2) is 0 Å². The van der Waals surface area contributed by atoms with Crippen LogP contribution in [0.3, 0.4) is 0 Å². The minimum absolute atomic E-state index is 0.0217. The van der Waals surface area contributed by atoms with Gasteiger partial charge in [-0.25, -0.2) is 0 Å². The largest absolute Gasteiger partial charge is 0.457 e. The maximum Gasteiger partial charge on any atom is 0.128 e. The molecule has 0 aliphatic heterocycles. The molecule has 8 rings (SSSR count). The van der Waals surface area contributed by atoms with Gasteiger partial charge in [-0.2, -0.15) is 0 Å². The van der Waals surface area contributed by atoms with E-state index in [1.54, 1.807) is 0 Å². The van der Waals surface area contributed by atoms with E-state index in [2.05, 4.69) is 145 Å². The van der Waals surface area contributed by atoms with Gasteiger partial charge in [0, 0.05) is 23.3 Å². The molecule has 0 amide bonds. The lowest BCUT2D eigenvalue weighted by molar-refractivity contribution is 0.481. The van der Waals surface area contributed by atoms with E-state index in [1.807, 2.05) is 42.7 Å². The second kappa shape index (κ2) is 11.8. The van der Waals surface area contributed by atoms with Gasteiger partial charge in [0.2, 0.25) is 0 Å². The Bertz CT molecular complexity index is 2310. The van der Waals surface area contributed by atoms with Gasteiger partial charge in [-0.3, -0.25) is 9.97 Å². The Labute approximate surface area is 295 Å². The van der Waals surface area contributed by atoms with Crippen molar-refractivity contribution >= 4 is 10.8 Å². The number of ether oxygens (including phenoxy) is 1. The topological polar surface area (TPSA) is 35.0 Å². The zero-order chi connectivity index (χ0) is 34.7. The van der Waals surface area contributed by atoms with Gasteiger partial charge in [-0.05, 0) is 97.6 Å². The van der Waals surface area contributed by atoms with Crippen molar-refractivity contribution in [3.05, 3.63) is 179 Å². The lowest BCUT2D eigenvalue weighted by atomic mass is 9.68. The number of pyridine rings is 2. The Kier molecular flexibility index (Phi) is 7.49. The molecule has 50 heavy (non-hydrogen) atoms. The minimum Gasteiger partial charge on any atom is -0.457 e. The molecule has 7 aromatic rings. The first-order valence-electron chi connectivity index (χ1n) is 17.5. The van der Waals surface area contributed by atoms with Gasteiger partial charge < -0.3 is 4.74 Å². The quantitative estimate of drug-likeness (QED) is 0.186. The van der Waals surface area contributed by atoms with Crippen molar-refractivity contribution < 1.29 is 4.74 Å². The SMILES string of the molecule is CC(C)(C)c1ccc2c(c1)C(c1cccc(Oc3cccc(-c4cc5ccccc5cn4)c3)c1)(c1ccccn1)c1cc(C(C)(C)C)ccc1-2. The normalized spacial score (nSPS) is 13.6. The Morgan fingerprint density at radius 3 is 1.78 bits per heavy atom. The Balaban J connectivity index is 1.30. The fraction of sp³-hybridized carbons (Fsp3) is 0.191. The van der Waals surface area contributed by atoms with Gasteiger partial charge in [0.1, 0.15) is 11.5 Å². The predicted octanol–water partition coefficient (Wildman–Crippen LogP) is 12.0. The molecule has 0 radical (unpaired) electrons. The van der Waals surface area contributed by atoms with Crippen molar-refractivity contribution in [2.75, 3.05) is 0 Å². The monoisotopic (exact) mass is 650 g/mol. The maximum absolute atomic E-state index is 6.69. The number of aromatic nitrogens is 2. The number of hydrogen-bond donors (Lipinski definition) is 0. The summed E-state index contributed by atoms with van der Waals surface area (Å²) in [4.78, 5) is 9.89. The first-order valence-corrected chi connectivity index (χ1v) is 17.5. The van der Waals surface area contributed by atoms with Crippen LogP contribution in [0.25, 0.3) is 33.2 Å². The second-order valence-corrected chi connectivity index (χ2v) is 15.6. The zero-order valence-electron chi connectivity index (χ0n) is 29.7. The molecule has 3 nitrogen and oxygen atoms in total. The zero-order valence-corrected chi connectivity index (χ0v) is 29.7. The van der Waals surface area contributed by atoms with Crippen LogP contribution in [0.4, 0.5) is 0 Å². The summed E-state index contributed by atoms with van der Waals surface area (Å²) >= 11 is 0. The van der Waals surface area contributed by atoms with E-state index < -0.39 is 5.41 Å². The fourth-order valence-electron chi connectivity index (χ4n) is 7.47. The molecule has 0 saturated heterocycles. The number of benzene rings is 5. The molecule has 2 heterocycles. The lowest BCUT2D eigenvalue weighted by Crippen LogP contribution is -2.30. The summed E-state index contributed by atoms with van der Waals surface area (Å²) in [6.45, 7) is 13.7. The summed E-state index contributed by atoms with van der Waals surface area (Å²) < 4.78 is 6.69. The van der Waals surface area contributed by atoms with Crippen LogP contribution in [0.1, 0.15) is 75.1 Å². The summed E-state index contributed by atoms with van der Waals surface area (Å²) in [5, 5.41) is 2.29. The molecule has 5 aromatic carbocycles. The molecule has 0 unspecified atom stereocenters. The van der Waals surface area contributed by atoms with Gasteiger partial charge in [-0.1, -0.05) is 133 Å². The molecule has 0 bridgehead atoms. The lowest BCUT2D eigenvalue weighted by Gasteiger charge is -2.34. The Morgan fingerprint density at radius 2 is 1.14 bits per heavy atom. The molecule has 1 aliphatic carbocycles. The molecule has 0 saturated carbocycles. The van der Waals surface area contributed by atoms with E-state index in [9.17, 15) is 0 Å². The Hall–Kier alpha value is -5.54. The van der Waals surface area contributed by atoms with Crippen LogP contribution < -0.4 is 4.74 Å². The minimum atomic E-state index is -0.648. The first kappa shape index (κ1) is 31.7. The van der Waals surface area contributed by atoms with Crippen molar-refractivity contribution in [3.8, 4) is 33.9 Å². The summed E-state index contributed by atoms with van der Waals surface area (Å²) in [6, 6.07) is 47.6. The highest BCUT2D eigenvalue weighted by Gasteiger charge is 2.48. The first-order chi connectivity index (χ1) is 24.0. The smallest absolute Gasteiger partial charge is 0.128 e. The highest BCUT2D eigenvalue weighted by molar-refractivity contribution is 5.87. The van der Waals surface area contributed by atoms with Crippen molar-refractivity contribution in [2.45, 2.75) is 57.8 Å². The van der Waals surface area contributed by atoms with Gasteiger partial charge in [0.25, 0.3) is 0 Å².